The topological polar surface area (TPSA) is 75.9 Å². The Hall–Kier alpha value is -1.57. The SMILES string of the molecule is CC(C)c1c(NN)ncnc1NCC(F)(F)F. The summed E-state index contributed by atoms with van der Waals surface area (Å²) in [6, 6.07) is 0. The normalized spacial score (nSPS) is 11.7. The second kappa shape index (κ2) is 5.17. The van der Waals surface area contributed by atoms with Gasteiger partial charge in [0.1, 0.15) is 24.5 Å². The molecule has 0 spiro atoms. The number of nitrogens with two attached hydrogens (primary N) is 1. The van der Waals surface area contributed by atoms with E-state index < -0.39 is 12.7 Å². The predicted octanol–water partition coefficient (Wildman–Crippen LogP) is 1.86. The molecule has 0 saturated heterocycles. The van der Waals surface area contributed by atoms with Gasteiger partial charge >= 0.3 is 6.18 Å². The third-order valence-electron chi connectivity index (χ3n) is 2.05. The molecule has 8 heteroatoms. The first-order chi connectivity index (χ1) is 7.85. The number of nitrogens with zero attached hydrogens (tertiary/aromatic N) is 2. The van der Waals surface area contributed by atoms with Crippen molar-refractivity contribution in [1.82, 2.24) is 9.97 Å². The molecule has 0 fully saturated rings. The van der Waals surface area contributed by atoms with Gasteiger partial charge in [-0.15, -0.1) is 0 Å². The van der Waals surface area contributed by atoms with E-state index >= 15 is 0 Å². The van der Waals surface area contributed by atoms with Gasteiger partial charge in [-0.1, -0.05) is 13.8 Å². The maximum Gasteiger partial charge on any atom is 0.405 e. The first kappa shape index (κ1) is 13.5. The number of halogens is 3. The zero-order valence-electron chi connectivity index (χ0n) is 9.47. The van der Waals surface area contributed by atoms with Crippen LogP contribution < -0.4 is 16.6 Å². The Bertz CT molecular complexity index is 377. The van der Waals surface area contributed by atoms with Gasteiger partial charge in [0.25, 0.3) is 0 Å². The fourth-order valence-electron chi connectivity index (χ4n) is 1.38. The van der Waals surface area contributed by atoms with Crippen LogP contribution in [0, 0.1) is 0 Å². The molecule has 0 aliphatic heterocycles. The van der Waals surface area contributed by atoms with Crippen LogP contribution in [0.25, 0.3) is 0 Å². The molecular formula is C9H14F3N5. The third kappa shape index (κ3) is 3.74. The molecule has 96 valence electrons. The van der Waals surface area contributed by atoms with Gasteiger partial charge in [-0.25, -0.2) is 15.8 Å². The van der Waals surface area contributed by atoms with E-state index in [1.165, 1.54) is 0 Å². The summed E-state index contributed by atoms with van der Waals surface area (Å²) in [6.07, 6.45) is -3.14. The van der Waals surface area contributed by atoms with Gasteiger partial charge in [0, 0.05) is 5.56 Å². The predicted molar refractivity (Wildman–Crippen MR) is 58.5 cm³/mol. The fraction of sp³-hybridized carbons (Fsp3) is 0.556. The number of hydrazine groups is 1. The standard InChI is InChI=1S/C9H14F3N5/c1-5(2)6-7(14-3-9(10,11)12)15-4-16-8(6)17-13/h4-5H,3,13H2,1-2H3,(H2,14,15,16,17). The van der Waals surface area contributed by atoms with Gasteiger partial charge in [0.15, 0.2) is 0 Å². The summed E-state index contributed by atoms with van der Waals surface area (Å²) >= 11 is 0. The highest BCUT2D eigenvalue weighted by molar-refractivity contribution is 5.58. The van der Waals surface area contributed by atoms with Crippen molar-refractivity contribution in [2.45, 2.75) is 25.9 Å². The molecule has 0 unspecified atom stereocenters. The van der Waals surface area contributed by atoms with Gasteiger partial charge in [0.05, 0.1) is 0 Å². The van der Waals surface area contributed by atoms with Gasteiger partial charge in [0.2, 0.25) is 0 Å². The molecule has 17 heavy (non-hydrogen) atoms. The van der Waals surface area contributed by atoms with Crippen molar-refractivity contribution in [2.24, 2.45) is 5.84 Å². The first-order valence-electron chi connectivity index (χ1n) is 4.97. The number of anilines is 2. The average Bonchev–Trinajstić information content (AvgIpc) is 2.24. The molecule has 0 aromatic carbocycles. The molecule has 1 aromatic rings. The van der Waals surface area contributed by atoms with Crippen molar-refractivity contribution < 1.29 is 13.2 Å². The molecule has 1 rings (SSSR count). The van der Waals surface area contributed by atoms with Crippen molar-refractivity contribution in [3.05, 3.63) is 11.9 Å². The van der Waals surface area contributed by atoms with Crippen LogP contribution in [0.15, 0.2) is 6.33 Å². The lowest BCUT2D eigenvalue weighted by Gasteiger charge is -2.17. The van der Waals surface area contributed by atoms with Crippen LogP contribution in [0.1, 0.15) is 25.3 Å². The molecule has 5 nitrogen and oxygen atoms in total. The van der Waals surface area contributed by atoms with Gasteiger partial charge in [-0.2, -0.15) is 13.2 Å². The summed E-state index contributed by atoms with van der Waals surface area (Å²) in [4.78, 5) is 7.65. The summed E-state index contributed by atoms with van der Waals surface area (Å²) in [5, 5.41) is 2.24. The molecule has 0 radical (unpaired) electrons. The van der Waals surface area contributed by atoms with E-state index in [1.807, 2.05) is 13.8 Å². The van der Waals surface area contributed by atoms with E-state index in [0.717, 1.165) is 6.33 Å². The monoisotopic (exact) mass is 249 g/mol. The van der Waals surface area contributed by atoms with E-state index in [0.29, 0.717) is 11.4 Å². The van der Waals surface area contributed by atoms with Crippen LogP contribution >= 0.6 is 0 Å². The molecule has 1 aromatic heterocycles. The van der Waals surface area contributed by atoms with Crippen molar-refractivity contribution >= 4 is 11.6 Å². The third-order valence-corrected chi connectivity index (χ3v) is 2.05. The highest BCUT2D eigenvalue weighted by atomic mass is 19.4. The average molecular weight is 249 g/mol. The van der Waals surface area contributed by atoms with Crippen molar-refractivity contribution in [1.29, 1.82) is 0 Å². The Kier molecular flexibility index (Phi) is 4.11. The lowest BCUT2D eigenvalue weighted by molar-refractivity contribution is -0.115. The minimum Gasteiger partial charge on any atom is -0.361 e. The maximum absolute atomic E-state index is 12.1. The zero-order valence-corrected chi connectivity index (χ0v) is 9.47. The van der Waals surface area contributed by atoms with Gasteiger partial charge in [-0.3, -0.25) is 0 Å². The van der Waals surface area contributed by atoms with Crippen LogP contribution in [0.4, 0.5) is 24.8 Å². The highest BCUT2D eigenvalue weighted by Crippen LogP contribution is 2.28. The van der Waals surface area contributed by atoms with Crippen LogP contribution in [-0.2, 0) is 0 Å². The smallest absolute Gasteiger partial charge is 0.361 e. The Morgan fingerprint density at radius 3 is 2.35 bits per heavy atom. The largest absolute Gasteiger partial charge is 0.405 e. The lowest BCUT2D eigenvalue weighted by Crippen LogP contribution is -2.23. The molecule has 0 bridgehead atoms. The Balaban J connectivity index is 2.98. The van der Waals surface area contributed by atoms with Crippen molar-refractivity contribution in [3.63, 3.8) is 0 Å². The molecule has 0 aliphatic rings. The Morgan fingerprint density at radius 2 is 1.88 bits per heavy atom. The Morgan fingerprint density at radius 1 is 1.29 bits per heavy atom. The molecule has 4 N–H and O–H groups in total. The summed E-state index contributed by atoms with van der Waals surface area (Å²) in [6.45, 7) is 2.49. The molecule has 0 atom stereocenters. The first-order valence-corrected chi connectivity index (χ1v) is 4.97. The Labute approximate surface area is 96.6 Å². The van der Waals surface area contributed by atoms with Crippen molar-refractivity contribution in [2.75, 3.05) is 17.3 Å². The lowest BCUT2D eigenvalue weighted by atomic mass is 10.0. The zero-order chi connectivity index (χ0) is 13.1. The van der Waals surface area contributed by atoms with E-state index in [9.17, 15) is 13.2 Å². The molecular weight excluding hydrogens is 235 g/mol. The summed E-state index contributed by atoms with van der Waals surface area (Å²) < 4.78 is 36.3. The summed E-state index contributed by atoms with van der Waals surface area (Å²) in [5.41, 5.74) is 2.87. The van der Waals surface area contributed by atoms with E-state index in [-0.39, 0.29) is 11.7 Å². The van der Waals surface area contributed by atoms with Crippen LogP contribution in [0.5, 0.6) is 0 Å². The number of hydrogen-bond donors (Lipinski definition) is 3. The second-order valence-electron chi connectivity index (χ2n) is 3.75. The number of alkyl halides is 3. The van der Waals surface area contributed by atoms with Gasteiger partial charge in [-0.05, 0) is 5.92 Å². The highest BCUT2D eigenvalue weighted by Gasteiger charge is 2.27. The van der Waals surface area contributed by atoms with Crippen molar-refractivity contribution in [3.8, 4) is 0 Å². The maximum atomic E-state index is 12.1. The number of nitrogens with one attached hydrogen (secondary N) is 2. The quantitative estimate of drug-likeness (QED) is 0.561. The van der Waals surface area contributed by atoms with Gasteiger partial charge < -0.3 is 10.7 Å². The van der Waals surface area contributed by atoms with E-state index in [1.54, 1.807) is 0 Å². The molecule has 1 heterocycles. The molecule has 0 saturated carbocycles. The summed E-state index contributed by atoms with van der Waals surface area (Å²) in [7, 11) is 0. The van der Waals surface area contributed by atoms with Crippen LogP contribution in [0.2, 0.25) is 0 Å². The number of aromatic nitrogens is 2. The number of hydrogen-bond acceptors (Lipinski definition) is 5. The van der Waals surface area contributed by atoms with Crippen LogP contribution in [0.3, 0.4) is 0 Å². The second-order valence-corrected chi connectivity index (χ2v) is 3.75. The molecule has 0 aliphatic carbocycles. The fourth-order valence-corrected chi connectivity index (χ4v) is 1.38. The number of rotatable bonds is 4. The van der Waals surface area contributed by atoms with E-state index in [2.05, 4.69) is 20.7 Å². The van der Waals surface area contributed by atoms with Crippen LogP contribution in [-0.4, -0.2) is 22.7 Å². The van der Waals surface area contributed by atoms with E-state index in [4.69, 9.17) is 5.84 Å². The summed E-state index contributed by atoms with van der Waals surface area (Å²) in [5.74, 6) is 5.65. The number of nitrogen functional groups attached to an aromatic ring is 1. The minimum atomic E-state index is -4.30. The minimum absolute atomic E-state index is 0.0574. The molecule has 0 amide bonds.